The van der Waals surface area contributed by atoms with Gasteiger partial charge in [-0.25, -0.2) is 4.79 Å². The lowest BCUT2D eigenvalue weighted by molar-refractivity contribution is -0.138. The summed E-state index contributed by atoms with van der Waals surface area (Å²) in [5, 5.41) is 16.9. The third-order valence-electron chi connectivity index (χ3n) is 4.95. The highest BCUT2D eigenvalue weighted by atomic mass is 16.5. The van der Waals surface area contributed by atoms with E-state index in [1.165, 1.54) is 4.90 Å². The fourth-order valence-electron chi connectivity index (χ4n) is 3.31. The predicted molar refractivity (Wildman–Crippen MR) is 132 cm³/mol. The molecule has 10 heteroatoms. The molecule has 4 amide bonds. The van der Waals surface area contributed by atoms with Crippen LogP contribution in [0.3, 0.4) is 0 Å². The minimum atomic E-state index is -1.01. The molecule has 0 saturated carbocycles. The van der Waals surface area contributed by atoms with Gasteiger partial charge >= 0.3 is 12.0 Å². The summed E-state index contributed by atoms with van der Waals surface area (Å²) in [6.45, 7) is 2.18. The molecule has 0 bridgehead atoms. The first-order chi connectivity index (χ1) is 16.8. The number of urea groups is 1. The fourth-order valence-corrected chi connectivity index (χ4v) is 3.31. The summed E-state index contributed by atoms with van der Waals surface area (Å²) in [5.41, 5.74) is 1.96. The van der Waals surface area contributed by atoms with E-state index in [0.717, 1.165) is 5.56 Å². The standard InChI is InChI=1S/C25H32N4O6/c1-18(15-24(32)33)26-22(30)17-29(13-6-14-35-2)23(31)16-19-9-11-21(12-10-19)28-25(34)27-20-7-4-3-5-8-20/h3-5,7-12,18H,6,13-17H2,1-2H3,(H,26,30)(H,32,33)(H2,27,28,34). The first kappa shape index (κ1) is 27.3. The van der Waals surface area contributed by atoms with E-state index in [-0.39, 0.29) is 31.3 Å². The van der Waals surface area contributed by atoms with E-state index in [1.807, 2.05) is 18.2 Å². The normalized spacial score (nSPS) is 11.3. The maximum Gasteiger partial charge on any atom is 0.323 e. The molecule has 0 aliphatic heterocycles. The molecule has 10 nitrogen and oxygen atoms in total. The Kier molecular flexibility index (Phi) is 11.2. The van der Waals surface area contributed by atoms with Crippen LogP contribution in [0.1, 0.15) is 25.3 Å². The number of para-hydroxylation sites is 1. The van der Waals surface area contributed by atoms with E-state index < -0.39 is 17.9 Å². The molecule has 1 unspecified atom stereocenters. The van der Waals surface area contributed by atoms with Gasteiger partial charge in [-0.1, -0.05) is 30.3 Å². The van der Waals surface area contributed by atoms with Gasteiger partial charge in [-0.05, 0) is 43.2 Å². The van der Waals surface area contributed by atoms with Crippen molar-refractivity contribution in [3.05, 3.63) is 60.2 Å². The van der Waals surface area contributed by atoms with Crippen molar-refractivity contribution in [2.45, 2.75) is 32.2 Å². The number of hydrogen-bond donors (Lipinski definition) is 4. The molecule has 0 fully saturated rings. The Hall–Kier alpha value is -3.92. The summed E-state index contributed by atoms with van der Waals surface area (Å²) in [5.74, 6) is -1.68. The molecule has 0 heterocycles. The number of benzene rings is 2. The van der Waals surface area contributed by atoms with Crippen LogP contribution in [0.25, 0.3) is 0 Å². The maximum atomic E-state index is 12.9. The van der Waals surface area contributed by atoms with E-state index in [0.29, 0.717) is 30.9 Å². The molecule has 0 spiro atoms. The second-order valence-corrected chi connectivity index (χ2v) is 8.05. The zero-order valence-electron chi connectivity index (χ0n) is 20.0. The van der Waals surface area contributed by atoms with Gasteiger partial charge in [0.2, 0.25) is 11.8 Å². The Morgan fingerprint density at radius 2 is 1.60 bits per heavy atom. The SMILES string of the molecule is COCCCN(CC(=O)NC(C)CC(=O)O)C(=O)Cc1ccc(NC(=O)Nc2ccccc2)cc1. The van der Waals surface area contributed by atoms with Crippen LogP contribution in [0.15, 0.2) is 54.6 Å². The Morgan fingerprint density at radius 1 is 0.971 bits per heavy atom. The maximum absolute atomic E-state index is 12.9. The number of methoxy groups -OCH3 is 1. The number of carboxylic acid groups (broad SMARTS) is 1. The van der Waals surface area contributed by atoms with Crippen molar-refractivity contribution in [2.24, 2.45) is 0 Å². The lowest BCUT2D eigenvalue weighted by Crippen LogP contribution is -2.44. The molecule has 0 aliphatic rings. The molecule has 2 aromatic carbocycles. The predicted octanol–water partition coefficient (Wildman–Crippen LogP) is 2.72. The number of ether oxygens (including phenoxy) is 1. The molecule has 1 atom stereocenters. The number of nitrogens with zero attached hydrogens (tertiary/aromatic N) is 1. The minimum absolute atomic E-state index is 0.0709. The topological polar surface area (TPSA) is 137 Å². The zero-order valence-corrected chi connectivity index (χ0v) is 20.0. The van der Waals surface area contributed by atoms with Crippen LogP contribution in [-0.4, -0.2) is 66.7 Å². The van der Waals surface area contributed by atoms with Crippen LogP contribution >= 0.6 is 0 Å². The summed E-state index contributed by atoms with van der Waals surface area (Å²) < 4.78 is 5.04. The van der Waals surface area contributed by atoms with Crippen LogP contribution < -0.4 is 16.0 Å². The first-order valence-corrected chi connectivity index (χ1v) is 11.3. The molecule has 188 valence electrons. The van der Waals surface area contributed by atoms with Gasteiger partial charge in [0, 0.05) is 37.7 Å². The average molecular weight is 485 g/mol. The van der Waals surface area contributed by atoms with Crippen LogP contribution in [0, 0.1) is 0 Å². The Bertz CT molecular complexity index is 981. The molecule has 0 aliphatic carbocycles. The lowest BCUT2D eigenvalue weighted by Gasteiger charge is -2.23. The highest BCUT2D eigenvalue weighted by Gasteiger charge is 2.19. The van der Waals surface area contributed by atoms with E-state index in [4.69, 9.17) is 9.84 Å². The fraction of sp³-hybridized carbons (Fsp3) is 0.360. The van der Waals surface area contributed by atoms with Gasteiger partial charge in [0.15, 0.2) is 0 Å². The summed E-state index contributed by atoms with van der Waals surface area (Å²) in [4.78, 5) is 49.6. The Morgan fingerprint density at radius 3 is 2.20 bits per heavy atom. The summed E-state index contributed by atoms with van der Waals surface area (Å²) in [6.07, 6.45) is 0.425. The third-order valence-corrected chi connectivity index (χ3v) is 4.95. The van der Waals surface area contributed by atoms with Crippen LogP contribution in [0.4, 0.5) is 16.2 Å². The molecule has 2 rings (SSSR count). The van der Waals surface area contributed by atoms with E-state index in [9.17, 15) is 19.2 Å². The summed E-state index contributed by atoms with van der Waals surface area (Å²) in [6, 6.07) is 15.0. The van der Waals surface area contributed by atoms with Gasteiger partial charge in [-0.3, -0.25) is 14.4 Å². The van der Waals surface area contributed by atoms with Crippen molar-refractivity contribution >= 4 is 35.2 Å². The number of carbonyl (C=O) groups is 4. The molecule has 35 heavy (non-hydrogen) atoms. The lowest BCUT2D eigenvalue weighted by atomic mass is 10.1. The largest absolute Gasteiger partial charge is 0.481 e. The quantitative estimate of drug-likeness (QED) is 0.323. The van der Waals surface area contributed by atoms with Gasteiger partial charge in [-0.2, -0.15) is 0 Å². The number of aliphatic carboxylic acids is 1. The smallest absolute Gasteiger partial charge is 0.323 e. The van der Waals surface area contributed by atoms with Crippen molar-refractivity contribution in [1.29, 1.82) is 0 Å². The first-order valence-electron chi connectivity index (χ1n) is 11.3. The van der Waals surface area contributed by atoms with Gasteiger partial charge in [0.25, 0.3) is 0 Å². The minimum Gasteiger partial charge on any atom is -0.481 e. The van der Waals surface area contributed by atoms with Crippen molar-refractivity contribution < 1.29 is 29.0 Å². The van der Waals surface area contributed by atoms with Gasteiger partial charge in [0.05, 0.1) is 19.4 Å². The molecule has 4 N–H and O–H groups in total. The number of anilines is 2. The zero-order chi connectivity index (χ0) is 25.6. The van der Waals surface area contributed by atoms with Crippen LogP contribution in [-0.2, 0) is 25.5 Å². The second kappa shape index (κ2) is 14.4. The van der Waals surface area contributed by atoms with Crippen molar-refractivity contribution in [3.8, 4) is 0 Å². The molecule has 0 radical (unpaired) electrons. The number of carboxylic acids is 1. The third kappa shape index (κ3) is 10.7. The highest BCUT2D eigenvalue weighted by molar-refractivity contribution is 5.99. The molecule has 2 aromatic rings. The number of carbonyl (C=O) groups excluding carboxylic acids is 3. The molecular weight excluding hydrogens is 452 g/mol. The van der Waals surface area contributed by atoms with Gasteiger partial charge < -0.3 is 30.7 Å². The Labute approximate surface area is 204 Å². The number of amides is 4. The second-order valence-electron chi connectivity index (χ2n) is 8.05. The van der Waals surface area contributed by atoms with E-state index >= 15 is 0 Å². The monoisotopic (exact) mass is 484 g/mol. The van der Waals surface area contributed by atoms with Gasteiger partial charge in [0.1, 0.15) is 0 Å². The van der Waals surface area contributed by atoms with Crippen molar-refractivity contribution in [1.82, 2.24) is 10.2 Å². The van der Waals surface area contributed by atoms with E-state index in [1.54, 1.807) is 50.4 Å². The number of nitrogens with one attached hydrogen (secondary N) is 3. The number of hydrogen-bond acceptors (Lipinski definition) is 5. The van der Waals surface area contributed by atoms with Crippen molar-refractivity contribution in [3.63, 3.8) is 0 Å². The molecule has 0 aromatic heterocycles. The molecule has 0 saturated heterocycles. The Balaban J connectivity index is 1.93. The van der Waals surface area contributed by atoms with Crippen LogP contribution in [0.5, 0.6) is 0 Å². The summed E-state index contributed by atoms with van der Waals surface area (Å²) in [7, 11) is 1.56. The average Bonchev–Trinajstić information content (AvgIpc) is 2.79. The van der Waals surface area contributed by atoms with Crippen LogP contribution in [0.2, 0.25) is 0 Å². The van der Waals surface area contributed by atoms with Gasteiger partial charge in [-0.15, -0.1) is 0 Å². The number of rotatable bonds is 13. The van der Waals surface area contributed by atoms with Crippen molar-refractivity contribution in [2.75, 3.05) is 37.4 Å². The van der Waals surface area contributed by atoms with E-state index in [2.05, 4.69) is 16.0 Å². The molecular formula is C25H32N4O6. The highest BCUT2D eigenvalue weighted by Crippen LogP contribution is 2.13. The summed E-state index contributed by atoms with van der Waals surface area (Å²) >= 11 is 0.